The first-order valence-corrected chi connectivity index (χ1v) is 4.29. The van der Waals surface area contributed by atoms with Gasteiger partial charge in [-0.05, 0) is 28.1 Å². The number of hydrogen-bond donors (Lipinski definition) is 0. The van der Waals surface area contributed by atoms with Crippen LogP contribution in [0.1, 0.15) is 5.56 Å². The van der Waals surface area contributed by atoms with Crippen molar-refractivity contribution in [2.24, 2.45) is 0 Å². The molecule has 0 N–H and O–H groups in total. The molecular formula is C8H5BrFNO. The minimum Gasteiger partial charge on any atom is -0.478 e. The first-order chi connectivity index (χ1) is 5.79. The van der Waals surface area contributed by atoms with Crippen LogP contribution in [0.4, 0.5) is 4.39 Å². The normalized spacial score (nSPS) is 9.08. The number of nitriles is 1. The predicted molar refractivity (Wildman–Crippen MR) is 45.5 cm³/mol. The van der Waals surface area contributed by atoms with Crippen LogP contribution in [-0.2, 0) is 0 Å². The Morgan fingerprint density at radius 1 is 1.58 bits per heavy atom. The highest BCUT2D eigenvalue weighted by Gasteiger charge is 2.07. The maximum absolute atomic E-state index is 12.9. The minimum absolute atomic E-state index is 0.00289. The Bertz CT molecular complexity index is 321. The quantitative estimate of drug-likeness (QED) is 0.731. The predicted octanol–water partition coefficient (Wildman–Crippen LogP) is 2.43. The average Bonchev–Trinajstić information content (AvgIpc) is 2.09. The zero-order valence-corrected chi connectivity index (χ0v) is 7.64. The number of alkyl halides is 1. The molecule has 0 saturated heterocycles. The van der Waals surface area contributed by atoms with Crippen molar-refractivity contribution < 1.29 is 9.13 Å². The van der Waals surface area contributed by atoms with Crippen molar-refractivity contribution in [3.05, 3.63) is 29.6 Å². The van der Waals surface area contributed by atoms with Gasteiger partial charge in [0.2, 0.25) is 0 Å². The molecule has 0 aliphatic carbocycles. The lowest BCUT2D eigenvalue weighted by atomic mass is 10.2. The second-order valence-electron chi connectivity index (χ2n) is 1.98. The second kappa shape index (κ2) is 4.07. The second-order valence-corrected chi connectivity index (χ2v) is 2.44. The van der Waals surface area contributed by atoms with Crippen molar-refractivity contribution in [1.29, 1.82) is 5.26 Å². The van der Waals surface area contributed by atoms with Crippen LogP contribution in [0.15, 0.2) is 18.2 Å². The van der Waals surface area contributed by atoms with Gasteiger partial charge < -0.3 is 4.74 Å². The third-order valence-electron chi connectivity index (χ3n) is 1.29. The van der Waals surface area contributed by atoms with E-state index in [2.05, 4.69) is 15.9 Å². The Morgan fingerprint density at radius 3 is 2.92 bits per heavy atom. The lowest BCUT2D eigenvalue weighted by molar-refractivity contribution is 0.371. The number of para-hydroxylation sites is 1. The van der Waals surface area contributed by atoms with Gasteiger partial charge in [-0.25, -0.2) is 4.39 Å². The molecule has 0 aromatic heterocycles. The monoisotopic (exact) mass is 229 g/mol. The lowest BCUT2D eigenvalue weighted by Crippen LogP contribution is -1.95. The molecule has 0 unspecified atom stereocenters. The van der Waals surface area contributed by atoms with Crippen LogP contribution in [0.3, 0.4) is 0 Å². The number of ether oxygens (including phenoxy) is 1. The van der Waals surface area contributed by atoms with E-state index in [0.29, 0.717) is 0 Å². The Balaban J connectivity index is 3.13. The fourth-order valence-corrected chi connectivity index (χ4v) is 1.03. The van der Waals surface area contributed by atoms with Crippen LogP contribution in [0.2, 0.25) is 0 Å². The van der Waals surface area contributed by atoms with E-state index < -0.39 is 5.82 Å². The van der Waals surface area contributed by atoms with Gasteiger partial charge in [0.05, 0.1) is 5.56 Å². The molecule has 0 fully saturated rings. The summed E-state index contributed by atoms with van der Waals surface area (Å²) in [5.41, 5.74) is 0.372. The number of benzene rings is 1. The van der Waals surface area contributed by atoms with E-state index in [0.717, 1.165) is 0 Å². The van der Waals surface area contributed by atoms with E-state index in [1.165, 1.54) is 18.2 Å². The van der Waals surface area contributed by atoms with Crippen molar-refractivity contribution in [3.8, 4) is 11.8 Å². The molecule has 0 aliphatic heterocycles. The highest BCUT2D eigenvalue weighted by Crippen LogP contribution is 2.21. The summed E-state index contributed by atoms with van der Waals surface area (Å²) in [5.74, 6) is -0.523. The van der Waals surface area contributed by atoms with E-state index in [1.54, 1.807) is 0 Å². The molecule has 2 nitrogen and oxygen atoms in total. The van der Waals surface area contributed by atoms with E-state index in [4.69, 9.17) is 10.00 Å². The molecule has 0 spiro atoms. The van der Waals surface area contributed by atoms with Crippen molar-refractivity contribution >= 4 is 15.9 Å². The Labute approximate surface area is 77.7 Å². The molecule has 0 radical (unpaired) electrons. The molecule has 4 heteroatoms. The molecule has 62 valence electrons. The number of rotatable bonds is 2. The molecule has 12 heavy (non-hydrogen) atoms. The Kier molecular flexibility index (Phi) is 3.06. The smallest absolute Gasteiger partial charge is 0.173 e. The first kappa shape index (κ1) is 9.01. The van der Waals surface area contributed by atoms with Crippen LogP contribution in [0.5, 0.6) is 5.75 Å². The van der Waals surface area contributed by atoms with Gasteiger partial charge in [-0.15, -0.1) is 0 Å². The van der Waals surface area contributed by atoms with Crippen LogP contribution < -0.4 is 4.74 Å². The van der Waals surface area contributed by atoms with Crippen LogP contribution in [-0.4, -0.2) is 5.52 Å². The van der Waals surface area contributed by atoms with E-state index in [-0.39, 0.29) is 16.8 Å². The summed E-state index contributed by atoms with van der Waals surface area (Å²) >= 11 is 2.99. The SMILES string of the molecule is N#Cc1cccc(F)c1OCBr. The van der Waals surface area contributed by atoms with Crippen molar-refractivity contribution in [1.82, 2.24) is 0 Å². The summed E-state index contributed by atoms with van der Waals surface area (Å²) in [6, 6.07) is 6.05. The largest absolute Gasteiger partial charge is 0.478 e. The maximum Gasteiger partial charge on any atom is 0.173 e. The summed E-state index contributed by atoms with van der Waals surface area (Å²) in [6.07, 6.45) is 0. The molecule has 1 aromatic rings. The third-order valence-corrected chi connectivity index (χ3v) is 1.52. The van der Waals surface area contributed by atoms with Gasteiger partial charge in [0, 0.05) is 0 Å². The molecule has 0 heterocycles. The van der Waals surface area contributed by atoms with Gasteiger partial charge in [-0.3, -0.25) is 0 Å². The van der Waals surface area contributed by atoms with Gasteiger partial charge in [0.25, 0.3) is 0 Å². The Morgan fingerprint density at radius 2 is 2.33 bits per heavy atom. The maximum atomic E-state index is 12.9. The minimum atomic E-state index is -0.520. The van der Waals surface area contributed by atoms with E-state index >= 15 is 0 Å². The fraction of sp³-hybridized carbons (Fsp3) is 0.125. The molecule has 0 saturated carbocycles. The van der Waals surface area contributed by atoms with Gasteiger partial charge >= 0.3 is 0 Å². The van der Waals surface area contributed by atoms with Gasteiger partial charge in [-0.2, -0.15) is 5.26 Å². The van der Waals surface area contributed by atoms with Crippen LogP contribution >= 0.6 is 15.9 Å². The highest BCUT2D eigenvalue weighted by molar-refractivity contribution is 9.09. The summed E-state index contributed by atoms with van der Waals surface area (Å²) in [6.45, 7) is 0. The molecule has 0 atom stereocenters. The fourth-order valence-electron chi connectivity index (χ4n) is 0.798. The zero-order valence-electron chi connectivity index (χ0n) is 6.05. The number of nitrogens with zero attached hydrogens (tertiary/aromatic N) is 1. The van der Waals surface area contributed by atoms with Crippen LogP contribution in [0.25, 0.3) is 0 Å². The van der Waals surface area contributed by atoms with Gasteiger partial charge in [0.1, 0.15) is 11.6 Å². The third kappa shape index (κ3) is 1.74. The molecule has 1 aromatic carbocycles. The summed E-state index contributed by atoms with van der Waals surface area (Å²) in [7, 11) is 0. The van der Waals surface area contributed by atoms with Crippen LogP contribution in [0, 0.1) is 17.1 Å². The molecular weight excluding hydrogens is 225 g/mol. The van der Waals surface area contributed by atoms with Gasteiger partial charge in [-0.1, -0.05) is 6.07 Å². The topological polar surface area (TPSA) is 33.0 Å². The summed E-state index contributed by atoms with van der Waals surface area (Å²) in [4.78, 5) is 0. The van der Waals surface area contributed by atoms with E-state index in [1.807, 2.05) is 6.07 Å². The van der Waals surface area contributed by atoms with Crippen molar-refractivity contribution in [3.63, 3.8) is 0 Å². The number of halogens is 2. The summed E-state index contributed by atoms with van der Waals surface area (Å²) in [5, 5.41) is 8.56. The molecule has 0 amide bonds. The molecule has 1 rings (SSSR count). The van der Waals surface area contributed by atoms with Gasteiger partial charge in [0.15, 0.2) is 11.6 Å². The van der Waals surface area contributed by atoms with E-state index in [9.17, 15) is 4.39 Å². The highest BCUT2D eigenvalue weighted by atomic mass is 79.9. The van der Waals surface area contributed by atoms with Crippen molar-refractivity contribution in [2.75, 3.05) is 5.52 Å². The molecule has 0 bridgehead atoms. The number of hydrogen-bond acceptors (Lipinski definition) is 2. The zero-order chi connectivity index (χ0) is 8.97. The first-order valence-electron chi connectivity index (χ1n) is 3.17. The van der Waals surface area contributed by atoms with Crippen molar-refractivity contribution in [2.45, 2.75) is 0 Å². The standard InChI is InChI=1S/C8H5BrFNO/c9-5-12-8-6(4-11)2-1-3-7(8)10/h1-3H,5H2. The summed E-state index contributed by atoms with van der Waals surface area (Å²) < 4.78 is 17.8. The Hall–Kier alpha value is -1.08. The lowest BCUT2D eigenvalue weighted by Gasteiger charge is -2.04. The molecule has 0 aliphatic rings. The average molecular weight is 230 g/mol.